The predicted octanol–water partition coefficient (Wildman–Crippen LogP) is 5.08. The summed E-state index contributed by atoms with van der Waals surface area (Å²) in [4.78, 5) is 0. The van der Waals surface area contributed by atoms with Crippen molar-refractivity contribution in [2.24, 2.45) is 0 Å². The molecule has 3 heteroatoms. The number of hydrogen-bond donors (Lipinski definition) is 0. The Hall–Kier alpha value is -2.21. The number of aryl methyl sites for hydroxylation is 1. The first-order valence-corrected chi connectivity index (χ1v) is 6.76. The molecule has 0 amide bonds. The summed E-state index contributed by atoms with van der Waals surface area (Å²) < 4.78 is 37.7. The SMILES string of the molecule is FC(F)(F)c1cccc(CCCC#Cc2ccccc2)c1. The topological polar surface area (TPSA) is 0 Å². The van der Waals surface area contributed by atoms with Crippen molar-refractivity contribution in [1.82, 2.24) is 0 Å². The van der Waals surface area contributed by atoms with E-state index in [-0.39, 0.29) is 0 Å². The summed E-state index contributed by atoms with van der Waals surface area (Å²) in [6.45, 7) is 0. The van der Waals surface area contributed by atoms with Gasteiger partial charge >= 0.3 is 6.18 Å². The highest BCUT2D eigenvalue weighted by Gasteiger charge is 2.30. The third-order valence-corrected chi connectivity index (χ3v) is 3.03. The van der Waals surface area contributed by atoms with Crippen molar-refractivity contribution in [3.05, 3.63) is 71.3 Å². The number of unbranched alkanes of at least 4 members (excludes halogenated alkanes) is 1. The fourth-order valence-corrected chi connectivity index (χ4v) is 1.97. The van der Waals surface area contributed by atoms with Crippen molar-refractivity contribution >= 4 is 0 Å². The van der Waals surface area contributed by atoms with Gasteiger partial charge in [0.25, 0.3) is 0 Å². The van der Waals surface area contributed by atoms with Crippen LogP contribution in [0.5, 0.6) is 0 Å². The molecule has 0 aliphatic rings. The molecular weight excluding hydrogens is 273 g/mol. The van der Waals surface area contributed by atoms with Crippen LogP contribution in [-0.4, -0.2) is 0 Å². The van der Waals surface area contributed by atoms with E-state index in [1.165, 1.54) is 12.1 Å². The van der Waals surface area contributed by atoms with E-state index in [0.29, 0.717) is 18.4 Å². The van der Waals surface area contributed by atoms with Crippen molar-refractivity contribution in [1.29, 1.82) is 0 Å². The van der Waals surface area contributed by atoms with Crippen LogP contribution >= 0.6 is 0 Å². The van der Waals surface area contributed by atoms with Gasteiger partial charge in [0.05, 0.1) is 5.56 Å². The molecule has 0 aliphatic heterocycles. The Balaban J connectivity index is 1.86. The summed E-state index contributed by atoms with van der Waals surface area (Å²) in [5, 5.41) is 0. The first-order valence-electron chi connectivity index (χ1n) is 6.76. The number of alkyl halides is 3. The van der Waals surface area contributed by atoms with E-state index < -0.39 is 11.7 Å². The molecule has 0 nitrogen and oxygen atoms in total. The molecule has 0 atom stereocenters. The molecule has 0 aliphatic carbocycles. The molecule has 0 N–H and O–H groups in total. The zero-order valence-corrected chi connectivity index (χ0v) is 11.5. The lowest BCUT2D eigenvalue weighted by molar-refractivity contribution is -0.137. The van der Waals surface area contributed by atoms with Gasteiger partial charge in [0, 0.05) is 12.0 Å². The molecule has 0 saturated carbocycles. The Morgan fingerprint density at radius 3 is 2.38 bits per heavy atom. The van der Waals surface area contributed by atoms with Gasteiger partial charge in [-0.25, -0.2) is 0 Å². The lowest BCUT2D eigenvalue weighted by atomic mass is 10.0. The highest BCUT2D eigenvalue weighted by atomic mass is 19.4. The maximum atomic E-state index is 12.6. The molecule has 2 aromatic rings. The van der Waals surface area contributed by atoms with Gasteiger partial charge in [-0.05, 0) is 36.6 Å². The lowest BCUT2D eigenvalue weighted by Gasteiger charge is -2.08. The van der Waals surface area contributed by atoms with Crippen LogP contribution in [0.2, 0.25) is 0 Å². The highest BCUT2D eigenvalue weighted by molar-refractivity contribution is 5.33. The van der Waals surface area contributed by atoms with Crippen LogP contribution < -0.4 is 0 Å². The van der Waals surface area contributed by atoms with Crippen LogP contribution in [0, 0.1) is 11.8 Å². The minimum Gasteiger partial charge on any atom is -0.166 e. The highest BCUT2D eigenvalue weighted by Crippen LogP contribution is 2.29. The predicted molar refractivity (Wildman–Crippen MR) is 77.7 cm³/mol. The molecule has 21 heavy (non-hydrogen) atoms. The van der Waals surface area contributed by atoms with Gasteiger partial charge in [0.2, 0.25) is 0 Å². The van der Waals surface area contributed by atoms with Gasteiger partial charge in [0.15, 0.2) is 0 Å². The minimum absolute atomic E-state index is 0.588. The number of hydrogen-bond acceptors (Lipinski definition) is 0. The molecule has 108 valence electrons. The molecule has 0 bridgehead atoms. The van der Waals surface area contributed by atoms with Gasteiger partial charge in [-0.1, -0.05) is 48.2 Å². The van der Waals surface area contributed by atoms with Gasteiger partial charge < -0.3 is 0 Å². The summed E-state index contributed by atoms with van der Waals surface area (Å²) in [6, 6.07) is 15.1. The van der Waals surface area contributed by atoms with Crippen LogP contribution in [-0.2, 0) is 12.6 Å². The standard InChI is InChI=1S/C18H15F3/c19-18(20,21)17-13-7-12-16(14-17)11-6-2-5-10-15-8-3-1-4-9-15/h1,3-4,7-9,12-14H,2,6,11H2. The molecule has 0 heterocycles. The van der Waals surface area contributed by atoms with E-state index in [2.05, 4.69) is 11.8 Å². The van der Waals surface area contributed by atoms with Crippen LogP contribution in [0.25, 0.3) is 0 Å². The second-order valence-electron chi connectivity index (χ2n) is 4.72. The molecule has 0 saturated heterocycles. The Kier molecular flexibility index (Phi) is 5.05. The van der Waals surface area contributed by atoms with Gasteiger partial charge in [-0.2, -0.15) is 13.2 Å². The van der Waals surface area contributed by atoms with Crippen molar-refractivity contribution < 1.29 is 13.2 Å². The zero-order chi connectivity index (χ0) is 15.1. The average molecular weight is 288 g/mol. The van der Waals surface area contributed by atoms with Gasteiger partial charge in [-0.3, -0.25) is 0 Å². The molecule has 2 rings (SSSR count). The third kappa shape index (κ3) is 5.00. The lowest BCUT2D eigenvalue weighted by Crippen LogP contribution is -2.05. The molecule has 0 radical (unpaired) electrons. The molecule has 0 fully saturated rings. The summed E-state index contributed by atoms with van der Waals surface area (Å²) in [7, 11) is 0. The zero-order valence-electron chi connectivity index (χ0n) is 11.5. The van der Waals surface area contributed by atoms with Crippen molar-refractivity contribution in [2.45, 2.75) is 25.4 Å². The van der Waals surface area contributed by atoms with Gasteiger partial charge in [-0.15, -0.1) is 0 Å². The smallest absolute Gasteiger partial charge is 0.166 e. The Bertz CT molecular complexity index is 631. The summed E-state index contributed by atoms with van der Waals surface area (Å²) in [5.74, 6) is 6.08. The van der Waals surface area contributed by atoms with Crippen molar-refractivity contribution in [3.8, 4) is 11.8 Å². The molecule has 0 aromatic heterocycles. The van der Waals surface area contributed by atoms with Crippen LogP contribution in [0.1, 0.15) is 29.5 Å². The normalized spacial score (nSPS) is 10.8. The van der Waals surface area contributed by atoms with E-state index in [1.807, 2.05) is 30.3 Å². The first-order chi connectivity index (χ1) is 10.1. The van der Waals surface area contributed by atoms with E-state index in [0.717, 1.165) is 18.1 Å². The number of halogens is 3. The van der Waals surface area contributed by atoms with Crippen LogP contribution in [0.3, 0.4) is 0 Å². The summed E-state index contributed by atoms with van der Waals surface area (Å²) in [6.07, 6.45) is -2.25. The second kappa shape index (κ2) is 6.99. The number of benzene rings is 2. The molecule has 2 aromatic carbocycles. The fraction of sp³-hybridized carbons (Fsp3) is 0.222. The monoisotopic (exact) mass is 288 g/mol. The Morgan fingerprint density at radius 2 is 1.67 bits per heavy atom. The minimum atomic E-state index is -4.27. The summed E-state index contributed by atoms with van der Waals surface area (Å²) in [5.41, 5.74) is 1.07. The van der Waals surface area contributed by atoms with Crippen LogP contribution in [0.4, 0.5) is 13.2 Å². The van der Waals surface area contributed by atoms with Crippen LogP contribution in [0.15, 0.2) is 54.6 Å². The maximum Gasteiger partial charge on any atom is 0.416 e. The van der Waals surface area contributed by atoms with Gasteiger partial charge in [0.1, 0.15) is 0 Å². The average Bonchev–Trinajstić information content (AvgIpc) is 2.47. The second-order valence-corrected chi connectivity index (χ2v) is 4.72. The third-order valence-electron chi connectivity index (χ3n) is 3.03. The Labute approximate surface area is 122 Å². The van der Waals surface area contributed by atoms with Crippen molar-refractivity contribution in [3.63, 3.8) is 0 Å². The Morgan fingerprint density at radius 1 is 0.905 bits per heavy atom. The van der Waals surface area contributed by atoms with E-state index in [4.69, 9.17) is 0 Å². The fourth-order valence-electron chi connectivity index (χ4n) is 1.97. The molecule has 0 spiro atoms. The first kappa shape index (κ1) is 15.2. The molecular formula is C18H15F3. The number of rotatable bonds is 3. The van der Waals surface area contributed by atoms with Crippen molar-refractivity contribution in [2.75, 3.05) is 0 Å². The summed E-state index contributed by atoms with van der Waals surface area (Å²) >= 11 is 0. The quantitative estimate of drug-likeness (QED) is 0.546. The maximum absolute atomic E-state index is 12.6. The molecule has 0 unspecified atom stereocenters. The van der Waals surface area contributed by atoms with E-state index >= 15 is 0 Å². The van der Waals surface area contributed by atoms with E-state index in [1.54, 1.807) is 6.07 Å². The van der Waals surface area contributed by atoms with E-state index in [9.17, 15) is 13.2 Å². The largest absolute Gasteiger partial charge is 0.416 e.